The number of ketones is 1. The summed E-state index contributed by atoms with van der Waals surface area (Å²) >= 11 is 1.42. The molecule has 0 saturated heterocycles. The van der Waals surface area contributed by atoms with Gasteiger partial charge in [-0.15, -0.1) is 0 Å². The van der Waals surface area contributed by atoms with Gasteiger partial charge in [0.15, 0.2) is 0 Å². The molecule has 0 aromatic heterocycles. The number of aryl methyl sites for hydroxylation is 1. The molecule has 0 amide bonds. The lowest BCUT2D eigenvalue weighted by Gasteiger charge is -2.52. The van der Waals surface area contributed by atoms with Gasteiger partial charge in [-0.3, -0.25) is 4.79 Å². The minimum atomic E-state index is -5.46. The topological polar surface area (TPSA) is 26.3 Å². The van der Waals surface area contributed by atoms with E-state index in [1.165, 1.54) is 28.5 Å². The Kier molecular flexibility index (Phi) is 9.60. The number of ether oxygens (including phenoxy) is 1. The van der Waals surface area contributed by atoms with Gasteiger partial charge in [-0.2, -0.15) is 33.7 Å². The third-order valence-electron chi connectivity index (χ3n) is 10.1. The molecule has 42 heavy (non-hydrogen) atoms. The second-order valence-corrected chi connectivity index (χ2v) is 13.8. The largest absolute Gasteiger partial charge is 0.494 e. The molecule has 0 heterocycles. The van der Waals surface area contributed by atoms with Crippen LogP contribution in [0.4, 0.5) is 22.0 Å². The molecule has 230 valence electrons. The Morgan fingerprint density at radius 3 is 2.40 bits per heavy atom. The zero-order chi connectivity index (χ0) is 30.0. The third kappa shape index (κ3) is 6.53. The first-order chi connectivity index (χ1) is 20.0. The molecule has 3 aliphatic carbocycles. The molecular weight excluding hydrogens is 567 g/mol. The number of hydrogen-bond donors (Lipinski definition) is 0. The molecule has 5 rings (SSSR count). The quantitative estimate of drug-likeness (QED) is 0.177. The van der Waals surface area contributed by atoms with Crippen molar-refractivity contribution in [2.24, 2.45) is 17.3 Å². The number of rotatable bonds is 12. The van der Waals surface area contributed by atoms with Crippen LogP contribution in [-0.4, -0.2) is 36.0 Å². The minimum Gasteiger partial charge on any atom is -0.494 e. The van der Waals surface area contributed by atoms with E-state index < -0.39 is 18.5 Å². The van der Waals surface area contributed by atoms with Crippen LogP contribution in [0.15, 0.2) is 48.5 Å². The fourth-order valence-electron chi connectivity index (χ4n) is 7.87. The van der Waals surface area contributed by atoms with Crippen molar-refractivity contribution < 1.29 is 31.5 Å². The van der Waals surface area contributed by atoms with Crippen molar-refractivity contribution in [1.82, 2.24) is 0 Å². The van der Waals surface area contributed by atoms with Crippen molar-refractivity contribution in [3.8, 4) is 5.75 Å². The van der Waals surface area contributed by atoms with E-state index in [0.717, 1.165) is 56.4 Å². The summed E-state index contributed by atoms with van der Waals surface area (Å²) in [6, 6.07) is 17.3. The third-order valence-corrected chi connectivity index (χ3v) is 11.2. The molecule has 5 atom stereocenters. The lowest BCUT2D eigenvalue weighted by Crippen LogP contribution is -2.45. The molecular formula is C34H41F5O2S. The number of benzene rings is 2. The number of hydrogen-bond acceptors (Lipinski definition) is 3. The lowest BCUT2D eigenvalue weighted by molar-refractivity contribution is -0.284. The summed E-state index contributed by atoms with van der Waals surface area (Å²) in [4.78, 5) is 13.1. The van der Waals surface area contributed by atoms with E-state index in [0.29, 0.717) is 48.2 Å². The average Bonchev–Trinajstić information content (AvgIpc) is 3.26. The standard InChI is InChI=1S/C34H41F5O2S/c1-32-22-28(31-26-9-4-3-8-23(26)12-15-27(31)29(32)16-17-30(32)40)24-10-13-25(14-11-24)41-19-5-2-6-20-42-21-7-18-33(35,36)34(37,38)39/h3-4,8-11,13-14,27-29,31H,2,5-7,12,15-22H2,1H3/t27-,28+,29-,31+,32-/m0/s1. The molecule has 0 radical (unpaired) electrons. The molecule has 2 nitrogen and oxygen atoms in total. The van der Waals surface area contributed by atoms with E-state index in [9.17, 15) is 26.7 Å². The number of unbranched alkanes of at least 4 members (excludes halogenated alkanes) is 2. The van der Waals surface area contributed by atoms with E-state index >= 15 is 0 Å². The maximum Gasteiger partial charge on any atom is 0.453 e. The van der Waals surface area contributed by atoms with E-state index in [4.69, 9.17) is 4.74 Å². The molecule has 0 unspecified atom stereocenters. The van der Waals surface area contributed by atoms with Crippen molar-refractivity contribution in [3.05, 3.63) is 65.2 Å². The van der Waals surface area contributed by atoms with Crippen LogP contribution in [0.25, 0.3) is 0 Å². The fourth-order valence-corrected chi connectivity index (χ4v) is 8.83. The number of fused-ring (bicyclic) bond motifs is 5. The predicted molar refractivity (Wildman–Crippen MR) is 158 cm³/mol. The van der Waals surface area contributed by atoms with Gasteiger partial charge in [0.05, 0.1) is 6.61 Å². The highest BCUT2D eigenvalue weighted by Crippen LogP contribution is 2.63. The van der Waals surface area contributed by atoms with E-state index in [1.807, 2.05) is 12.1 Å². The van der Waals surface area contributed by atoms with Crippen molar-refractivity contribution in [2.45, 2.75) is 95.1 Å². The summed E-state index contributed by atoms with van der Waals surface area (Å²) in [5.74, 6) is -0.565. The molecule has 0 spiro atoms. The molecule has 2 fully saturated rings. The smallest absolute Gasteiger partial charge is 0.453 e. The Morgan fingerprint density at radius 1 is 0.905 bits per heavy atom. The first-order valence-electron chi connectivity index (χ1n) is 15.4. The van der Waals surface area contributed by atoms with Crippen molar-refractivity contribution in [2.75, 3.05) is 18.1 Å². The summed E-state index contributed by atoms with van der Waals surface area (Å²) in [5, 5.41) is 0. The maximum absolute atomic E-state index is 13.1. The van der Waals surface area contributed by atoms with Gasteiger partial charge in [-0.25, -0.2) is 0 Å². The van der Waals surface area contributed by atoms with E-state index in [2.05, 4.69) is 43.3 Å². The highest BCUT2D eigenvalue weighted by atomic mass is 32.2. The van der Waals surface area contributed by atoms with Crippen LogP contribution in [-0.2, 0) is 11.2 Å². The fraction of sp³-hybridized carbons (Fsp3) is 0.618. The molecule has 0 bridgehead atoms. The van der Waals surface area contributed by atoms with E-state index in [1.54, 1.807) is 0 Å². The number of thioether (sulfide) groups is 1. The minimum absolute atomic E-state index is 0.152. The summed E-state index contributed by atoms with van der Waals surface area (Å²) < 4.78 is 68.5. The Hall–Kier alpha value is -2.09. The van der Waals surface area contributed by atoms with Crippen LogP contribution in [0.3, 0.4) is 0 Å². The molecule has 3 aliphatic rings. The zero-order valence-corrected chi connectivity index (χ0v) is 25.1. The highest BCUT2D eigenvalue weighted by Gasteiger charge is 2.58. The van der Waals surface area contributed by atoms with E-state index in [-0.39, 0.29) is 11.8 Å². The number of Topliss-reactive ketones (excluding diaryl/α,β-unsaturated/α-hetero) is 1. The van der Waals surface area contributed by atoms with Crippen molar-refractivity contribution in [1.29, 1.82) is 0 Å². The maximum atomic E-state index is 13.1. The van der Waals surface area contributed by atoms with Gasteiger partial charge >= 0.3 is 12.1 Å². The summed E-state index contributed by atoms with van der Waals surface area (Å²) in [7, 11) is 0. The Balaban J connectivity index is 1.10. The first-order valence-corrected chi connectivity index (χ1v) is 16.5. The van der Waals surface area contributed by atoms with Gasteiger partial charge in [0.1, 0.15) is 11.5 Å². The first kappa shape index (κ1) is 31.3. The molecule has 8 heteroatoms. The summed E-state index contributed by atoms with van der Waals surface area (Å²) in [5.41, 5.74) is 3.97. The molecule has 0 N–H and O–H groups in total. The molecule has 0 aliphatic heterocycles. The summed E-state index contributed by atoms with van der Waals surface area (Å²) in [6.07, 6.45) is 0.740. The van der Waals surface area contributed by atoms with Gasteiger partial charge in [-0.1, -0.05) is 43.3 Å². The second-order valence-electron chi connectivity index (χ2n) is 12.6. The van der Waals surface area contributed by atoms with Gasteiger partial charge in [0.2, 0.25) is 0 Å². The van der Waals surface area contributed by atoms with Crippen LogP contribution in [0.2, 0.25) is 0 Å². The van der Waals surface area contributed by atoms with Crippen LogP contribution in [0.1, 0.15) is 93.2 Å². The van der Waals surface area contributed by atoms with Gasteiger partial charge in [0, 0.05) is 18.3 Å². The molecule has 2 aromatic rings. The Bertz CT molecular complexity index is 1210. The predicted octanol–water partition coefficient (Wildman–Crippen LogP) is 9.77. The second kappa shape index (κ2) is 12.9. The SMILES string of the molecule is C[C@]12C[C@H](c3ccc(OCCCCCSCCCC(F)(F)C(F)(F)F)cc3)[C@@H]3c4ccccc4CC[C@H]3[C@@H]1CCC2=O. The van der Waals surface area contributed by atoms with Crippen LogP contribution < -0.4 is 4.74 Å². The van der Waals surface area contributed by atoms with Gasteiger partial charge in [-0.05, 0) is 115 Å². The lowest BCUT2D eigenvalue weighted by atomic mass is 9.51. The van der Waals surface area contributed by atoms with Crippen molar-refractivity contribution in [3.63, 3.8) is 0 Å². The van der Waals surface area contributed by atoms with Crippen LogP contribution in [0.5, 0.6) is 5.75 Å². The van der Waals surface area contributed by atoms with Crippen LogP contribution in [0, 0.1) is 17.3 Å². The normalized spacial score (nSPS) is 27.3. The summed E-state index contributed by atoms with van der Waals surface area (Å²) in [6.45, 7) is 2.79. The number of carbonyl (C=O) groups excluding carboxylic acids is 1. The van der Waals surface area contributed by atoms with Crippen LogP contribution >= 0.6 is 11.8 Å². The number of halogens is 5. The number of carbonyl (C=O) groups is 1. The van der Waals surface area contributed by atoms with Crippen molar-refractivity contribution >= 4 is 17.5 Å². The Morgan fingerprint density at radius 2 is 1.64 bits per heavy atom. The average molecular weight is 609 g/mol. The monoisotopic (exact) mass is 608 g/mol. The highest BCUT2D eigenvalue weighted by molar-refractivity contribution is 7.99. The molecule has 2 saturated carbocycles. The van der Waals surface area contributed by atoms with Gasteiger partial charge < -0.3 is 4.74 Å². The molecule has 2 aromatic carbocycles. The zero-order valence-electron chi connectivity index (χ0n) is 24.2. The van der Waals surface area contributed by atoms with Gasteiger partial charge in [0.25, 0.3) is 0 Å². The number of alkyl halides is 5. The Labute approximate surface area is 250 Å².